The van der Waals surface area contributed by atoms with E-state index in [-0.39, 0.29) is 22.1 Å². The fourth-order valence-corrected chi connectivity index (χ4v) is 1.89. The minimum Gasteiger partial charge on any atom is -0.358 e. The van der Waals surface area contributed by atoms with Crippen molar-refractivity contribution in [1.29, 1.82) is 5.26 Å². The summed E-state index contributed by atoms with van der Waals surface area (Å²) in [4.78, 5) is 26.3. The summed E-state index contributed by atoms with van der Waals surface area (Å²) < 4.78 is 0. The van der Waals surface area contributed by atoms with Gasteiger partial charge in [0, 0.05) is 18.5 Å². The molecule has 2 N–H and O–H groups in total. The molecule has 8 nitrogen and oxygen atoms in total. The summed E-state index contributed by atoms with van der Waals surface area (Å²) in [6, 6.07) is 10.6. The van der Waals surface area contributed by atoms with E-state index in [9.17, 15) is 14.9 Å². The van der Waals surface area contributed by atoms with Gasteiger partial charge < -0.3 is 10.6 Å². The van der Waals surface area contributed by atoms with Gasteiger partial charge in [-0.1, -0.05) is 23.7 Å². The number of aromatic nitrogens is 1. The van der Waals surface area contributed by atoms with Gasteiger partial charge in [0.05, 0.1) is 10.6 Å². The first-order chi connectivity index (χ1) is 11.5. The summed E-state index contributed by atoms with van der Waals surface area (Å²) in [6.07, 6.45) is 2.64. The SMILES string of the molecule is N#C/C(=C/Nc1cccnc1Cl)C(=O)Nc1ccccc1[N+](=O)[O-]. The number of nitro benzene ring substituents is 1. The predicted octanol–water partition coefficient (Wildman–Crippen LogP) is 3.10. The highest BCUT2D eigenvalue weighted by molar-refractivity contribution is 6.32. The smallest absolute Gasteiger partial charge is 0.292 e. The summed E-state index contributed by atoms with van der Waals surface area (Å²) in [6.45, 7) is 0. The van der Waals surface area contributed by atoms with Gasteiger partial charge in [0.15, 0.2) is 5.15 Å². The largest absolute Gasteiger partial charge is 0.358 e. The van der Waals surface area contributed by atoms with Crippen LogP contribution in [0.2, 0.25) is 5.15 Å². The normalized spacial score (nSPS) is 10.6. The molecule has 24 heavy (non-hydrogen) atoms. The van der Waals surface area contributed by atoms with Crippen molar-refractivity contribution in [3.63, 3.8) is 0 Å². The fraction of sp³-hybridized carbons (Fsp3) is 0. The molecule has 0 radical (unpaired) electrons. The summed E-state index contributed by atoms with van der Waals surface area (Å²) >= 11 is 5.85. The Morgan fingerprint density at radius 1 is 1.29 bits per heavy atom. The van der Waals surface area contributed by atoms with Crippen LogP contribution in [-0.4, -0.2) is 15.8 Å². The highest BCUT2D eigenvalue weighted by Gasteiger charge is 2.17. The van der Waals surface area contributed by atoms with Crippen molar-refractivity contribution in [3.05, 3.63) is 69.6 Å². The van der Waals surface area contributed by atoms with E-state index in [1.807, 2.05) is 0 Å². The minimum atomic E-state index is -0.792. The molecule has 0 unspecified atom stereocenters. The second-order valence-electron chi connectivity index (χ2n) is 4.38. The molecule has 0 aliphatic heterocycles. The van der Waals surface area contributed by atoms with Crippen LogP contribution in [0.15, 0.2) is 54.4 Å². The first kappa shape index (κ1) is 16.9. The van der Waals surface area contributed by atoms with Gasteiger partial charge in [0.1, 0.15) is 17.3 Å². The number of benzene rings is 1. The standard InChI is InChI=1S/C15H10ClN5O3/c16-14-12(5-3-7-18-14)19-9-10(8-17)15(22)20-11-4-1-2-6-13(11)21(23)24/h1-7,9,19H,(H,20,22)/b10-9-. The van der Waals surface area contributed by atoms with Crippen molar-refractivity contribution >= 4 is 34.6 Å². The maximum Gasteiger partial charge on any atom is 0.292 e. The van der Waals surface area contributed by atoms with Gasteiger partial charge in [-0.2, -0.15) is 5.26 Å². The number of nitrogens with one attached hydrogen (secondary N) is 2. The first-order valence-corrected chi connectivity index (χ1v) is 6.93. The molecule has 0 fully saturated rings. The molecule has 0 saturated carbocycles. The van der Waals surface area contributed by atoms with E-state index in [1.165, 1.54) is 30.5 Å². The number of amides is 1. The molecule has 0 aliphatic rings. The van der Waals surface area contributed by atoms with E-state index in [2.05, 4.69) is 15.6 Å². The van der Waals surface area contributed by atoms with Gasteiger partial charge >= 0.3 is 0 Å². The molecule has 2 rings (SSSR count). The molecule has 1 amide bonds. The maximum atomic E-state index is 12.1. The zero-order valence-electron chi connectivity index (χ0n) is 12.1. The van der Waals surface area contributed by atoms with E-state index in [0.29, 0.717) is 5.69 Å². The number of pyridine rings is 1. The Morgan fingerprint density at radius 3 is 2.67 bits per heavy atom. The lowest BCUT2D eigenvalue weighted by molar-refractivity contribution is -0.383. The molecular weight excluding hydrogens is 334 g/mol. The van der Waals surface area contributed by atoms with E-state index in [1.54, 1.807) is 18.2 Å². The lowest BCUT2D eigenvalue weighted by Gasteiger charge is -2.06. The van der Waals surface area contributed by atoms with Crippen LogP contribution >= 0.6 is 11.6 Å². The number of carbonyl (C=O) groups excluding carboxylic acids is 1. The number of nitro groups is 1. The lowest BCUT2D eigenvalue weighted by Crippen LogP contribution is -2.15. The summed E-state index contributed by atoms with van der Waals surface area (Å²) in [5, 5.41) is 25.2. The van der Waals surface area contributed by atoms with Gasteiger partial charge in [0.2, 0.25) is 0 Å². The van der Waals surface area contributed by atoms with Gasteiger partial charge in [-0.3, -0.25) is 14.9 Å². The van der Waals surface area contributed by atoms with Gasteiger partial charge in [-0.25, -0.2) is 4.98 Å². The highest BCUT2D eigenvalue weighted by Crippen LogP contribution is 2.23. The number of hydrogen-bond acceptors (Lipinski definition) is 6. The first-order valence-electron chi connectivity index (χ1n) is 6.55. The number of para-hydroxylation sites is 2. The molecule has 2 aromatic rings. The zero-order valence-corrected chi connectivity index (χ0v) is 12.8. The van der Waals surface area contributed by atoms with Crippen molar-refractivity contribution in [1.82, 2.24) is 4.98 Å². The van der Waals surface area contributed by atoms with Crippen molar-refractivity contribution in [2.45, 2.75) is 0 Å². The molecule has 9 heteroatoms. The van der Waals surface area contributed by atoms with Gasteiger partial charge in [0.25, 0.3) is 11.6 Å². The molecule has 0 bridgehead atoms. The number of anilines is 2. The number of nitrogens with zero attached hydrogens (tertiary/aromatic N) is 3. The minimum absolute atomic E-state index is 0.00643. The number of hydrogen-bond donors (Lipinski definition) is 2. The molecule has 120 valence electrons. The van der Waals surface area contributed by atoms with Crippen LogP contribution in [0.1, 0.15) is 0 Å². The van der Waals surface area contributed by atoms with Crippen molar-refractivity contribution in [2.24, 2.45) is 0 Å². The van der Waals surface area contributed by atoms with Crippen LogP contribution in [0.3, 0.4) is 0 Å². The molecule has 1 heterocycles. The van der Waals surface area contributed by atoms with Crippen LogP contribution in [0.4, 0.5) is 17.1 Å². The van der Waals surface area contributed by atoms with Crippen LogP contribution in [0.5, 0.6) is 0 Å². The van der Waals surface area contributed by atoms with Gasteiger partial charge in [-0.05, 0) is 18.2 Å². The van der Waals surface area contributed by atoms with E-state index < -0.39 is 10.8 Å². The topological polar surface area (TPSA) is 121 Å². The van der Waals surface area contributed by atoms with Crippen LogP contribution in [0.25, 0.3) is 0 Å². The number of rotatable bonds is 5. The third-order valence-corrected chi connectivity index (χ3v) is 3.15. The van der Waals surface area contributed by atoms with Crippen LogP contribution < -0.4 is 10.6 Å². The second kappa shape index (κ2) is 7.71. The Kier molecular flexibility index (Phi) is 5.44. The predicted molar refractivity (Wildman–Crippen MR) is 88.3 cm³/mol. The summed E-state index contributed by atoms with van der Waals surface area (Å²) in [5.74, 6) is -0.792. The van der Waals surface area contributed by atoms with Crippen LogP contribution in [-0.2, 0) is 4.79 Å². The highest BCUT2D eigenvalue weighted by atomic mass is 35.5. The van der Waals surface area contributed by atoms with Crippen molar-refractivity contribution in [2.75, 3.05) is 10.6 Å². The molecule has 0 spiro atoms. The quantitative estimate of drug-likeness (QED) is 0.283. The third kappa shape index (κ3) is 4.06. The van der Waals surface area contributed by atoms with Crippen molar-refractivity contribution < 1.29 is 9.72 Å². The Hall–Kier alpha value is -3.44. The Morgan fingerprint density at radius 2 is 2.00 bits per heavy atom. The Bertz CT molecular complexity index is 860. The van der Waals surface area contributed by atoms with Gasteiger partial charge in [-0.15, -0.1) is 0 Å². The maximum absolute atomic E-state index is 12.1. The monoisotopic (exact) mass is 343 g/mol. The van der Waals surface area contributed by atoms with Crippen LogP contribution in [0, 0.1) is 21.4 Å². The van der Waals surface area contributed by atoms with E-state index in [0.717, 1.165) is 6.20 Å². The third-order valence-electron chi connectivity index (χ3n) is 2.85. The average Bonchev–Trinajstić information content (AvgIpc) is 2.57. The number of carbonyl (C=O) groups is 1. The van der Waals surface area contributed by atoms with Crippen molar-refractivity contribution in [3.8, 4) is 6.07 Å². The number of halogens is 1. The molecule has 0 saturated heterocycles. The number of nitriles is 1. The van der Waals surface area contributed by atoms with E-state index in [4.69, 9.17) is 16.9 Å². The van der Waals surface area contributed by atoms with E-state index >= 15 is 0 Å². The summed E-state index contributed by atoms with van der Waals surface area (Å²) in [5.41, 5.74) is -0.155. The lowest BCUT2D eigenvalue weighted by atomic mass is 10.2. The molecule has 1 aromatic heterocycles. The average molecular weight is 344 g/mol. The Labute approximate surface area is 141 Å². The summed E-state index contributed by atoms with van der Waals surface area (Å²) in [7, 11) is 0. The molecule has 0 atom stereocenters. The second-order valence-corrected chi connectivity index (χ2v) is 4.74. The molecule has 1 aromatic carbocycles. The Balaban J connectivity index is 2.18. The zero-order chi connectivity index (χ0) is 17.5. The fourth-order valence-electron chi connectivity index (χ4n) is 1.72. The molecular formula is C15H10ClN5O3. The molecule has 0 aliphatic carbocycles.